The SMILES string of the molecule is CCOC(=O)N1CCN(C(=O)CCCn2nc(-c3cccnc3)ccc2=O)CC1. The predicted octanol–water partition coefficient (Wildman–Crippen LogP) is 1.39. The summed E-state index contributed by atoms with van der Waals surface area (Å²) in [6, 6.07) is 6.84. The fourth-order valence-corrected chi connectivity index (χ4v) is 3.17. The smallest absolute Gasteiger partial charge is 0.409 e. The molecule has 1 saturated heterocycles. The number of nitrogens with zero attached hydrogens (tertiary/aromatic N) is 5. The predicted molar refractivity (Wildman–Crippen MR) is 106 cm³/mol. The molecule has 0 bridgehead atoms. The summed E-state index contributed by atoms with van der Waals surface area (Å²) in [6.45, 7) is 4.40. The number of carbonyl (C=O) groups is 2. The molecule has 0 spiro atoms. The monoisotopic (exact) mass is 399 g/mol. The van der Waals surface area contributed by atoms with Crippen molar-refractivity contribution < 1.29 is 14.3 Å². The molecular weight excluding hydrogens is 374 g/mol. The second-order valence-electron chi connectivity index (χ2n) is 6.69. The Morgan fingerprint density at radius 1 is 1.10 bits per heavy atom. The van der Waals surface area contributed by atoms with Gasteiger partial charge < -0.3 is 14.5 Å². The van der Waals surface area contributed by atoms with Crippen LogP contribution in [0.2, 0.25) is 0 Å². The molecular formula is C20H25N5O4. The normalized spacial score (nSPS) is 14.0. The lowest BCUT2D eigenvalue weighted by Gasteiger charge is -2.34. The minimum atomic E-state index is -0.335. The number of ether oxygens (including phenoxy) is 1. The number of hydrogen-bond donors (Lipinski definition) is 0. The number of carbonyl (C=O) groups excluding carboxylic acids is 2. The highest BCUT2D eigenvalue weighted by Crippen LogP contribution is 2.13. The molecule has 0 atom stereocenters. The Hall–Kier alpha value is -3.23. The Bertz CT molecular complexity index is 891. The maximum absolute atomic E-state index is 12.4. The number of pyridine rings is 1. The van der Waals surface area contributed by atoms with Gasteiger partial charge in [0.25, 0.3) is 5.56 Å². The molecule has 29 heavy (non-hydrogen) atoms. The summed E-state index contributed by atoms with van der Waals surface area (Å²) >= 11 is 0. The fourth-order valence-electron chi connectivity index (χ4n) is 3.17. The van der Waals surface area contributed by atoms with Crippen molar-refractivity contribution >= 4 is 12.0 Å². The summed E-state index contributed by atoms with van der Waals surface area (Å²) in [5.74, 6) is 0.0185. The summed E-state index contributed by atoms with van der Waals surface area (Å²) in [7, 11) is 0. The van der Waals surface area contributed by atoms with Crippen molar-refractivity contribution in [3.05, 3.63) is 47.0 Å². The molecule has 9 nitrogen and oxygen atoms in total. The van der Waals surface area contributed by atoms with E-state index in [-0.39, 0.29) is 17.6 Å². The average molecular weight is 399 g/mol. The molecule has 0 N–H and O–H groups in total. The van der Waals surface area contributed by atoms with Gasteiger partial charge in [0.15, 0.2) is 0 Å². The number of rotatable bonds is 6. The number of amides is 2. The molecule has 2 aromatic heterocycles. The zero-order chi connectivity index (χ0) is 20.6. The molecule has 0 unspecified atom stereocenters. The molecule has 9 heteroatoms. The molecule has 3 heterocycles. The van der Waals surface area contributed by atoms with Crippen molar-refractivity contribution in [2.75, 3.05) is 32.8 Å². The summed E-state index contributed by atoms with van der Waals surface area (Å²) in [4.78, 5) is 43.7. The Morgan fingerprint density at radius 2 is 1.86 bits per heavy atom. The maximum atomic E-state index is 12.4. The Kier molecular flexibility index (Phi) is 6.94. The van der Waals surface area contributed by atoms with E-state index in [2.05, 4.69) is 10.1 Å². The largest absolute Gasteiger partial charge is 0.450 e. The maximum Gasteiger partial charge on any atom is 0.409 e. The Labute approximate surface area is 168 Å². The van der Waals surface area contributed by atoms with Crippen LogP contribution in [-0.4, -0.2) is 69.4 Å². The van der Waals surface area contributed by atoms with Gasteiger partial charge in [-0.2, -0.15) is 5.10 Å². The van der Waals surface area contributed by atoms with E-state index in [0.717, 1.165) is 5.56 Å². The molecule has 1 fully saturated rings. The summed E-state index contributed by atoms with van der Waals surface area (Å²) < 4.78 is 6.37. The first-order valence-corrected chi connectivity index (χ1v) is 9.76. The van der Waals surface area contributed by atoms with Gasteiger partial charge in [-0.05, 0) is 31.5 Å². The zero-order valence-corrected chi connectivity index (χ0v) is 16.5. The van der Waals surface area contributed by atoms with Gasteiger partial charge in [-0.15, -0.1) is 0 Å². The summed E-state index contributed by atoms with van der Waals surface area (Å²) in [6.07, 6.45) is 3.87. The van der Waals surface area contributed by atoms with Gasteiger partial charge in [-0.25, -0.2) is 9.48 Å². The van der Waals surface area contributed by atoms with Crippen molar-refractivity contribution in [1.82, 2.24) is 24.6 Å². The third kappa shape index (κ3) is 5.40. The van der Waals surface area contributed by atoms with Gasteiger partial charge in [-0.3, -0.25) is 14.6 Å². The van der Waals surface area contributed by atoms with Gasteiger partial charge >= 0.3 is 6.09 Å². The van der Waals surface area contributed by atoms with E-state index >= 15 is 0 Å². The average Bonchev–Trinajstić information content (AvgIpc) is 2.76. The molecule has 1 aliphatic heterocycles. The molecule has 154 valence electrons. The van der Waals surface area contributed by atoms with Gasteiger partial charge in [0.05, 0.1) is 12.3 Å². The van der Waals surface area contributed by atoms with Crippen LogP contribution in [0.25, 0.3) is 11.3 Å². The molecule has 2 aromatic rings. The molecule has 0 saturated carbocycles. The number of piperazine rings is 1. The van der Waals surface area contributed by atoms with E-state index in [1.807, 2.05) is 12.1 Å². The minimum Gasteiger partial charge on any atom is -0.450 e. The van der Waals surface area contributed by atoms with E-state index in [0.29, 0.717) is 57.9 Å². The van der Waals surface area contributed by atoms with Crippen LogP contribution in [0.4, 0.5) is 4.79 Å². The summed E-state index contributed by atoms with van der Waals surface area (Å²) in [5.41, 5.74) is 1.30. The Morgan fingerprint density at radius 3 is 2.55 bits per heavy atom. The fraction of sp³-hybridized carbons (Fsp3) is 0.450. The molecule has 0 radical (unpaired) electrons. The van der Waals surface area contributed by atoms with Crippen LogP contribution in [0.1, 0.15) is 19.8 Å². The second-order valence-corrected chi connectivity index (χ2v) is 6.69. The highest BCUT2D eigenvalue weighted by atomic mass is 16.6. The van der Waals surface area contributed by atoms with Gasteiger partial charge in [0, 0.05) is 63.2 Å². The van der Waals surface area contributed by atoms with E-state index in [4.69, 9.17) is 4.74 Å². The van der Waals surface area contributed by atoms with E-state index < -0.39 is 0 Å². The number of aromatic nitrogens is 3. The Balaban J connectivity index is 1.50. The van der Waals surface area contributed by atoms with Crippen molar-refractivity contribution in [3.8, 4) is 11.3 Å². The summed E-state index contributed by atoms with van der Waals surface area (Å²) in [5, 5.41) is 4.38. The van der Waals surface area contributed by atoms with Crippen LogP contribution in [-0.2, 0) is 16.1 Å². The first-order chi connectivity index (χ1) is 14.1. The number of hydrogen-bond acceptors (Lipinski definition) is 6. The third-order valence-electron chi connectivity index (χ3n) is 4.74. The molecule has 1 aliphatic rings. The van der Waals surface area contributed by atoms with Gasteiger partial charge in [0.2, 0.25) is 5.91 Å². The quantitative estimate of drug-likeness (QED) is 0.728. The number of aryl methyl sites for hydroxylation is 1. The minimum absolute atomic E-state index is 0.0185. The lowest BCUT2D eigenvalue weighted by atomic mass is 10.2. The van der Waals surface area contributed by atoms with Crippen molar-refractivity contribution in [2.24, 2.45) is 0 Å². The van der Waals surface area contributed by atoms with E-state index in [9.17, 15) is 14.4 Å². The first kappa shape index (κ1) is 20.5. The highest BCUT2D eigenvalue weighted by molar-refractivity contribution is 5.76. The molecule has 0 aromatic carbocycles. The van der Waals surface area contributed by atoms with Crippen molar-refractivity contribution in [3.63, 3.8) is 0 Å². The molecule has 2 amide bonds. The van der Waals surface area contributed by atoms with Crippen LogP contribution in [0.15, 0.2) is 41.5 Å². The van der Waals surface area contributed by atoms with Crippen LogP contribution in [0.5, 0.6) is 0 Å². The highest BCUT2D eigenvalue weighted by Gasteiger charge is 2.24. The van der Waals surface area contributed by atoms with Crippen LogP contribution >= 0.6 is 0 Å². The standard InChI is InChI=1S/C20H25N5O4/c1-2-29-20(28)24-13-11-23(12-14-24)18(26)6-4-10-25-19(27)8-7-17(22-25)16-5-3-9-21-15-16/h3,5,7-9,15H,2,4,6,10-14H2,1H3. The zero-order valence-electron chi connectivity index (χ0n) is 16.5. The van der Waals surface area contributed by atoms with Crippen LogP contribution in [0.3, 0.4) is 0 Å². The van der Waals surface area contributed by atoms with Gasteiger partial charge in [0.1, 0.15) is 0 Å². The van der Waals surface area contributed by atoms with Gasteiger partial charge in [-0.1, -0.05) is 0 Å². The van der Waals surface area contributed by atoms with Crippen molar-refractivity contribution in [2.45, 2.75) is 26.3 Å². The lowest BCUT2D eigenvalue weighted by Crippen LogP contribution is -2.50. The topological polar surface area (TPSA) is 97.6 Å². The first-order valence-electron chi connectivity index (χ1n) is 9.76. The van der Waals surface area contributed by atoms with Crippen LogP contribution in [0, 0.1) is 0 Å². The van der Waals surface area contributed by atoms with E-state index in [1.54, 1.807) is 35.2 Å². The third-order valence-corrected chi connectivity index (χ3v) is 4.74. The molecule has 3 rings (SSSR count). The molecule has 0 aliphatic carbocycles. The lowest BCUT2D eigenvalue weighted by molar-refractivity contribution is -0.132. The van der Waals surface area contributed by atoms with Crippen molar-refractivity contribution in [1.29, 1.82) is 0 Å². The van der Waals surface area contributed by atoms with E-state index in [1.165, 1.54) is 10.7 Å². The second kappa shape index (κ2) is 9.81. The van der Waals surface area contributed by atoms with Crippen LogP contribution < -0.4 is 5.56 Å².